The second kappa shape index (κ2) is 9.89. The largest absolute Gasteiger partial charge is 0.373 e. The van der Waals surface area contributed by atoms with Crippen LogP contribution in [0.3, 0.4) is 0 Å². The lowest BCUT2D eigenvalue weighted by molar-refractivity contribution is -0.0453. The molecule has 154 valence electrons. The molecule has 2 atom stereocenters. The summed E-state index contributed by atoms with van der Waals surface area (Å²) in [7, 11) is 1.77. The number of H-pyrrole nitrogens is 1. The number of ether oxygens (including phenoxy) is 1. The van der Waals surface area contributed by atoms with E-state index in [0.29, 0.717) is 6.04 Å². The predicted molar refractivity (Wildman–Crippen MR) is 121 cm³/mol. The van der Waals surface area contributed by atoms with Crippen molar-refractivity contribution < 1.29 is 9.13 Å². The van der Waals surface area contributed by atoms with Gasteiger partial charge < -0.3 is 20.4 Å². The van der Waals surface area contributed by atoms with Crippen molar-refractivity contribution in [1.29, 1.82) is 0 Å². The molecule has 2 aromatic rings. The maximum atomic E-state index is 13.5. The molecule has 0 spiro atoms. The van der Waals surface area contributed by atoms with Crippen molar-refractivity contribution in [2.75, 3.05) is 39.8 Å². The average Bonchev–Trinajstić information content (AvgIpc) is 3.30. The maximum absolute atomic E-state index is 13.5. The van der Waals surface area contributed by atoms with Crippen LogP contribution in [0.4, 0.5) is 4.39 Å². The molecular formula is C20H29FIN5O. The van der Waals surface area contributed by atoms with E-state index in [-0.39, 0.29) is 35.9 Å². The van der Waals surface area contributed by atoms with Gasteiger partial charge in [-0.1, -0.05) is 0 Å². The Morgan fingerprint density at radius 2 is 2.29 bits per heavy atom. The van der Waals surface area contributed by atoms with E-state index in [9.17, 15) is 4.39 Å². The lowest BCUT2D eigenvalue weighted by atomic mass is 10.1. The number of rotatable bonds is 5. The van der Waals surface area contributed by atoms with Crippen LogP contribution < -0.4 is 10.6 Å². The van der Waals surface area contributed by atoms with Gasteiger partial charge in [-0.3, -0.25) is 9.89 Å². The van der Waals surface area contributed by atoms with E-state index in [1.165, 1.54) is 25.5 Å². The third-order valence-electron chi connectivity index (χ3n) is 5.60. The molecule has 0 saturated carbocycles. The van der Waals surface area contributed by atoms with Crippen molar-refractivity contribution in [3.8, 4) is 0 Å². The molecule has 2 unspecified atom stereocenters. The summed E-state index contributed by atoms with van der Waals surface area (Å²) in [6.45, 7) is 4.51. The first-order chi connectivity index (χ1) is 13.2. The van der Waals surface area contributed by atoms with Gasteiger partial charge in [0.1, 0.15) is 5.82 Å². The van der Waals surface area contributed by atoms with Crippen LogP contribution in [-0.2, 0) is 11.2 Å². The quantitative estimate of drug-likeness (QED) is 0.335. The van der Waals surface area contributed by atoms with E-state index in [2.05, 4.69) is 25.5 Å². The minimum atomic E-state index is -0.207. The van der Waals surface area contributed by atoms with Gasteiger partial charge in [0.25, 0.3) is 0 Å². The molecule has 4 rings (SSSR count). The second-order valence-corrected chi connectivity index (χ2v) is 7.38. The van der Waals surface area contributed by atoms with Crippen LogP contribution in [0.2, 0.25) is 0 Å². The number of nitrogens with one attached hydrogen (secondary N) is 3. The van der Waals surface area contributed by atoms with Crippen molar-refractivity contribution >= 4 is 40.8 Å². The summed E-state index contributed by atoms with van der Waals surface area (Å²) < 4.78 is 19.5. The lowest BCUT2D eigenvalue weighted by Gasteiger charge is -2.35. The third-order valence-corrected chi connectivity index (χ3v) is 5.60. The van der Waals surface area contributed by atoms with Gasteiger partial charge in [-0.15, -0.1) is 24.0 Å². The number of hydrogen-bond acceptors (Lipinski definition) is 3. The summed E-state index contributed by atoms with van der Waals surface area (Å²) in [5, 5.41) is 7.64. The Hall–Kier alpha value is -1.39. The van der Waals surface area contributed by atoms with Crippen molar-refractivity contribution in [2.45, 2.75) is 31.4 Å². The highest BCUT2D eigenvalue weighted by molar-refractivity contribution is 14.0. The van der Waals surface area contributed by atoms with E-state index >= 15 is 0 Å². The molecular weight excluding hydrogens is 472 g/mol. The molecule has 1 aromatic heterocycles. The number of aromatic nitrogens is 1. The summed E-state index contributed by atoms with van der Waals surface area (Å²) in [5.41, 5.74) is 2.06. The first-order valence-corrected chi connectivity index (χ1v) is 9.78. The number of morpholine rings is 1. The fourth-order valence-corrected chi connectivity index (χ4v) is 4.11. The Morgan fingerprint density at radius 1 is 1.39 bits per heavy atom. The molecule has 3 heterocycles. The highest BCUT2D eigenvalue weighted by Crippen LogP contribution is 2.22. The SMILES string of the molecule is CN=C(NCCc1c[nH]c2ccc(F)cc12)NCC1CN2CCCC2CO1.I. The smallest absolute Gasteiger partial charge is 0.191 e. The standard InChI is InChI=1S/C20H28FN5O.HI/c1-22-20(25-11-17-12-26-8-2-3-16(26)13-27-17)23-7-6-14-10-24-19-5-4-15(21)9-18(14)19;/h4-5,9-10,16-17,24H,2-3,6-8,11-13H2,1H3,(H2,22,23,25);1H. The predicted octanol–water partition coefficient (Wildman–Crippen LogP) is 2.50. The van der Waals surface area contributed by atoms with Gasteiger partial charge in [0.05, 0.1) is 12.7 Å². The lowest BCUT2D eigenvalue weighted by Crippen LogP contribution is -2.51. The number of benzene rings is 1. The number of aliphatic imine (C=N–C) groups is 1. The van der Waals surface area contributed by atoms with Crippen LogP contribution in [0.5, 0.6) is 0 Å². The summed E-state index contributed by atoms with van der Waals surface area (Å²) in [5.74, 6) is 0.565. The van der Waals surface area contributed by atoms with Gasteiger partial charge in [-0.25, -0.2) is 4.39 Å². The fraction of sp³-hybridized carbons (Fsp3) is 0.550. The van der Waals surface area contributed by atoms with E-state index in [4.69, 9.17) is 4.74 Å². The van der Waals surface area contributed by atoms with Gasteiger partial charge >= 0.3 is 0 Å². The molecule has 0 amide bonds. The van der Waals surface area contributed by atoms with Gasteiger partial charge in [-0.05, 0) is 49.6 Å². The van der Waals surface area contributed by atoms with E-state index in [1.807, 2.05) is 6.20 Å². The Balaban J connectivity index is 0.00000225. The van der Waals surface area contributed by atoms with Gasteiger partial charge in [0.15, 0.2) is 5.96 Å². The zero-order valence-corrected chi connectivity index (χ0v) is 18.5. The van der Waals surface area contributed by atoms with Crippen LogP contribution in [0.15, 0.2) is 29.4 Å². The molecule has 0 bridgehead atoms. The highest BCUT2D eigenvalue weighted by atomic mass is 127. The van der Waals surface area contributed by atoms with Crippen molar-refractivity contribution in [2.24, 2.45) is 4.99 Å². The van der Waals surface area contributed by atoms with Crippen LogP contribution in [0, 0.1) is 5.82 Å². The van der Waals surface area contributed by atoms with Gasteiger partial charge in [0, 0.05) is 49.8 Å². The van der Waals surface area contributed by atoms with Gasteiger partial charge in [0.2, 0.25) is 0 Å². The molecule has 6 nitrogen and oxygen atoms in total. The number of aromatic amines is 1. The minimum absolute atomic E-state index is 0. The first-order valence-electron chi connectivity index (χ1n) is 9.78. The Kier molecular flexibility index (Phi) is 7.53. The molecule has 1 aromatic carbocycles. The zero-order valence-electron chi connectivity index (χ0n) is 16.2. The molecule has 2 aliphatic heterocycles. The number of halogens is 2. The fourth-order valence-electron chi connectivity index (χ4n) is 4.11. The highest BCUT2D eigenvalue weighted by Gasteiger charge is 2.32. The molecule has 2 fully saturated rings. The number of guanidine groups is 1. The number of hydrogen-bond donors (Lipinski definition) is 3. The molecule has 8 heteroatoms. The van der Waals surface area contributed by atoms with Crippen LogP contribution in [0.25, 0.3) is 10.9 Å². The van der Waals surface area contributed by atoms with Gasteiger partial charge in [-0.2, -0.15) is 0 Å². The summed E-state index contributed by atoms with van der Waals surface area (Å²) in [6, 6.07) is 5.46. The second-order valence-electron chi connectivity index (χ2n) is 7.38. The Bertz CT molecular complexity index is 811. The molecule has 3 N–H and O–H groups in total. The topological polar surface area (TPSA) is 64.7 Å². The Labute approximate surface area is 182 Å². The molecule has 2 saturated heterocycles. The molecule has 0 radical (unpaired) electrons. The van der Waals surface area contributed by atoms with E-state index in [0.717, 1.165) is 55.1 Å². The summed E-state index contributed by atoms with van der Waals surface area (Å²) in [6.07, 6.45) is 5.49. The van der Waals surface area contributed by atoms with E-state index in [1.54, 1.807) is 19.2 Å². The number of fused-ring (bicyclic) bond motifs is 2. The maximum Gasteiger partial charge on any atom is 0.191 e. The summed E-state index contributed by atoms with van der Waals surface area (Å²) in [4.78, 5) is 10.0. The molecule has 2 aliphatic rings. The minimum Gasteiger partial charge on any atom is -0.373 e. The third kappa shape index (κ3) is 4.96. The molecule has 0 aliphatic carbocycles. The van der Waals surface area contributed by atoms with Crippen LogP contribution in [0.1, 0.15) is 18.4 Å². The monoisotopic (exact) mass is 501 g/mol. The zero-order chi connectivity index (χ0) is 18.6. The van der Waals surface area contributed by atoms with Crippen molar-refractivity contribution in [3.63, 3.8) is 0 Å². The molecule has 28 heavy (non-hydrogen) atoms. The van der Waals surface area contributed by atoms with Crippen molar-refractivity contribution in [1.82, 2.24) is 20.5 Å². The van der Waals surface area contributed by atoms with E-state index < -0.39 is 0 Å². The van der Waals surface area contributed by atoms with Crippen LogP contribution >= 0.6 is 24.0 Å². The average molecular weight is 501 g/mol. The van der Waals surface area contributed by atoms with Crippen molar-refractivity contribution in [3.05, 3.63) is 35.8 Å². The Morgan fingerprint density at radius 3 is 3.14 bits per heavy atom. The number of nitrogens with zero attached hydrogens (tertiary/aromatic N) is 2. The first kappa shape index (κ1) is 21.3. The van der Waals surface area contributed by atoms with Crippen LogP contribution in [-0.4, -0.2) is 67.8 Å². The summed E-state index contributed by atoms with van der Waals surface area (Å²) >= 11 is 0. The normalized spacial score (nSPS) is 22.7.